The summed E-state index contributed by atoms with van der Waals surface area (Å²) in [5.41, 5.74) is 0. The van der Waals surface area contributed by atoms with Crippen LogP contribution >= 0.6 is 11.6 Å². The second-order valence-electron chi connectivity index (χ2n) is 4.85. The molecule has 2 aliphatic rings. The summed E-state index contributed by atoms with van der Waals surface area (Å²) in [6, 6.07) is 1.85. The van der Waals surface area contributed by atoms with E-state index in [2.05, 4.69) is 26.8 Å². The Bertz CT molecular complexity index is 383. The van der Waals surface area contributed by atoms with Gasteiger partial charge in [-0.2, -0.15) is 0 Å². The molecule has 3 rings (SSSR count). The summed E-state index contributed by atoms with van der Waals surface area (Å²) in [5, 5.41) is 0.527. The molecule has 2 fully saturated rings. The van der Waals surface area contributed by atoms with Crippen molar-refractivity contribution in [1.82, 2.24) is 14.9 Å². The average Bonchev–Trinajstić information content (AvgIpc) is 2.74. The minimum absolute atomic E-state index is 0.527. The van der Waals surface area contributed by atoms with Crippen molar-refractivity contribution in [3.05, 3.63) is 17.5 Å². The van der Waals surface area contributed by atoms with Crippen LogP contribution in [0.5, 0.6) is 0 Å². The number of fused-ring (bicyclic) bond motifs is 1. The first-order valence-electron chi connectivity index (χ1n) is 5.63. The van der Waals surface area contributed by atoms with Crippen molar-refractivity contribution >= 4 is 17.4 Å². The van der Waals surface area contributed by atoms with Crippen LogP contribution in [0.15, 0.2) is 12.4 Å². The van der Waals surface area contributed by atoms with Gasteiger partial charge >= 0.3 is 0 Å². The molecule has 0 N–H and O–H groups in total. The van der Waals surface area contributed by atoms with E-state index in [1.807, 2.05) is 6.07 Å². The van der Waals surface area contributed by atoms with Gasteiger partial charge in [0.2, 0.25) is 0 Å². The standard InChI is InChI=1S/C11H15ClN4/c1-15-3-8-5-16(6-9(8)4-15)11-2-10(12)13-7-14-11/h2,7-9H,3-6H2,1H3/t8-,9-/m0/s1. The lowest BCUT2D eigenvalue weighted by Gasteiger charge is -2.19. The molecule has 5 heteroatoms. The largest absolute Gasteiger partial charge is 0.356 e. The minimum Gasteiger partial charge on any atom is -0.356 e. The van der Waals surface area contributed by atoms with Crippen LogP contribution < -0.4 is 4.90 Å². The maximum atomic E-state index is 5.88. The van der Waals surface area contributed by atoms with Gasteiger partial charge < -0.3 is 9.80 Å². The monoisotopic (exact) mass is 238 g/mol. The Kier molecular flexibility index (Phi) is 2.48. The highest BCUT2D eigenvalue weighted by atomic mass is 35.5. The fourth-order valence-corrected chi connectivity index (χ4v) is 3.05. The van der Waals surface area contributed by atoms with E-state index in [-0.39, 0.29) is 0 Å². The van der Waals surface area contributed by atoms with Crippen molar-refractivity contribution in [2.24, 2.45) is 11.8 Å². The third kappa shape index (κ3) is 1.76. The van der Waals surface area contributed by atoms with Crippen LogP contribution in [0.4, 0.5) is 5.82 Å². The maximum Gasteiger partial charge on any atom is 0.134 e. The molecule has 0 radical (unpaired) electrons. The van der Waals surface area contributed by atoms with E-state index >= 15 is 0 Å². The Morgan fingerprint density at radius 1 is 1.19 bits per heavy atom. The number of hydrogen-bond acceptors (Lipinski definition) is 4. The molecule has 3 heterocycles. The zero-order valence-electron chi connectivity index (χ0n) is 9.30. The highest BCUT2D eigenvalue weighted by molar-refractivity contribution is 6.29. The lowest BCUT2D eigenvalue weighted by atomic mass is 10.0. The molecule has 0 aliphatic carbocycles. The molecule has 2 aliphatic heterocycles. The lowest BCUT2D eigenvalue weighted by molar-refractivity contribution is 0.387. The molecule has 2 atom stereocenters. The van der Waals surface area contributed by atoms with E-state index in [0.717, 1.165) is 30.7 Å². The molecular weight excluding hydrogens is 224 g/mol. The molecule has 0 aromatic carbocycles. The Morgan fingerprint density at radius 3 is 2.50 bits per heavy atom. The summed E-state index contributed by atoms with van der Waals surface area (Å²) in [6.45, 7) is 4.62. The third-order valence-electron chi connectivity index (χ3n) is 3.61. The summed E-state index contributed by atoms with van der Waals surface area (Å²) < 4.78 is 0. The van der Waals surface area contributed by atoms with E-state index in [9.17, 15) is 0 Å². The van der Waals surface area contributed by atoms with E-state index in [0.29, 0.717) is 5.15 Å². The topological polar surface area (TPSA) is 32.3 Å². The zero-order valence-corrected chi connectivity index (χ0v) is 10.1. The number of halogens is 1. The molecule has 1 aromatic heterocycles. The van der Waals surface area contributed by atoms with Gasteiger partial charge in [0.1, 0.15) is 17.3 Å². The van der Waals surface area contributed by atoms with Crippen LogP contribution in [0.2, 0.25) is 5.15 Å². The number of hydrogen-bond donors (Lipinski definition) is 0. The van der Waals surface area contributed by atoms with Crippen molar-refractivity contribution in [2.75, 3.05) is 38.1 Å². The van der Waals surface area contributed by atoms with Crippen LogP contribution in [0.1, 0.15) is 0 Å². The zero-order chi connectivity index (χ0) is 11.1. The van der Waals surface area contributed by atoms with Crippen LogP contribution in [0.25, 0.3) is 0 Å². The first-order chi connectivity index (χ1) is 7.72. The van der Waals surface area contributed by atoms with Crippen LogP contribution in [0.3, 0.4) is 0 Å². The Balaban J connectivity index is 1.75. The van der Waals surface area contributed by atoms with Gasteiger partial charge in [0, 0.05) is 32.2 Å². The summed E-state index contributed by atoms with van der Waals surface area (Å²) in [7, 11) is 2.20. The predicted molar refractivity (Wildman–Crippen MR) is 63.7 cm³/mol. The van der Waals surface area contributed by atoms with E-state index in [1.54, 1.807) is 0 Å². The van der Waals surface area contributed by atoms with Crippen molar-refractivity contribution < 1.29 is 0 Å². The van der Waals surface area contributed by atoms with E-state index in [4.69, 9.17) is 11.6 Å². The van der Waals surface area contributed by atoms with Crippen molar-refractivity contribution in [3.63, 3.8) is 0 Å². The van der Waals surface area contributed by atoms with E-state index in [1.165, 1.54) is 19.4 Å². The molecule has 0 amide bonds. The van der Waals surface area contributed by atoms with Gasteiger partial charge in [0.25, 0.3) is 0 Å². The number of likely N-dealkylation sites (tertiary alicyclic amines) is 1. The van der Waals surface area contributed by atoms with Crippen LogP contribution in [-0.2, 0) is 0 Å². The van der Waals surface area contributed by atoms with Crippen LogP contribution in [-0.4, -0.2) is 48.1 Å². The Hall–Kier alpha value is -0.870. The fraction of sp³-hybridized carbons (Fsp3) is 0.636. The van der Waals surface area contributed by atoms with Gasteiger partial charge in [-0.15, -0.1) is 0 Å². The molecule has 0 spiro atoms. The second kappa shape index (κ2) is 3.86. The molecule has 0 saturated carbocycles. The summed E-state index contributed by atoms with van der Waals surface area (Å²) >= 11 is 5.88. The molecule has 0 bridgehead atoms. The molecule has 0 unspecified atom stereocenters. The van der Waals surface area contributed by atoms with Gasteiger partial charge in [0.05, 0.1) is 0 Å². The van der Waals surface area contributed by atoms with Gasteiger partial charge in [-0.3, -0.25) is 0 Å². The second-order valence-corrected chi connectivity index (χ2v) is 5.23. The van der Waals surface area contributed by atoms with Gasteiger partial charge in [-0.1, -0.05) is 11.6 Å². The van der Waals surface area contributed by atoms with Gasteiger partial charge in [0.15, 0.2) is 0 Å². The average molecular weight is 239 g/mol. The molecule has 4 nitrogen and oxygen atoms in total. The maximum absolute atomic E-state index is 5.88. The van der Waals surface area contributed by atoms with Gasteiger partial charge in [-0.25, -0.2) is 9.97 Å². The Labute approximate surface area is 100 Å². The molecule has 16 heavy (non-hydrogen) atoms. The summed E-state index contributed by atoms with van der Waals surface area (Å²) in [5.74, 6) is 2.55. The normalized spacial score (nSPS) is 29.8. The quantitative estimate of drug-likeness (QED) is 0.687. The fourth-order valence-electron chi connectivity index (χ4n) is 2.91. The smallest absolute Gasteiger partial charge is 0.134 e. The third-order valence-corrected chi connectivity index (χ3v) is 3.82. The van der Waals surface area contributed by atoms with Crippen molar-refractivity contribution in [1.29, 1.82) is 0 Å². The summed E-state index contributed by atoms with van der Waals surface area (Å²) in [4.78, 5) is 12.9. The van der Waals surface area contributed by atoms with E-state index < -0.39 is 0 Å². The van der Waals surface area contributed by atoms with Crippen molar-refractivity contribution in [3.8, 4) is 0 Å². The highest BCUT2D eigenvalue weighted by Gasteiger charge is 2.39. The predicted octanol–water partition coefficient (Wildman–Crippen LogP) is 1.13. The number of aromatic nitrogens is 2. The molecular formula is C11H15ClN4. The SMILES string of the molecule is CN1C[C@H]2CN(c3cc(Cl)ncn3)C[C@@H]2C1. The number of rotatable bonds is 1. The molecule has 2 saturated heterocycles. The first-order valence-corrected chi connectivity index (χ1v) is 6.01. The highest BCUT2D eigenvalue weighted by Crippen LogP contribution is 2.32. The summed E-state index contributed by atoms with van der Waals surface area (Å²) in [6.07, 6.45) is 1.54. The Morgan fingerprint density at radius 2 is 1.88 bits per heavy atom. The lowest BCUT2D eigenvalue weighted by Crippen LogP contribution is -2.27. The van der Waals surface area contributed by atoms with Crippen LogP contribution in [0, 0.1) is 11.8 Å². The molecule has 86 valence electrons. The van der Waals surface area contributed by atoms with Gasteiger partial charge in [-0.05, 0) is 18.9 Å². The number of anilines is 1. The first kappa shape index (κ1) is 10.3. The number of nitrogens with zero attached hydrogens (tertiary/aromatic N) is 4. The molecule has 1 aromatic rings. The van der Waals surface area contributed by atoms with Crippen molar-refractivity contribution in [2.45, 2.75) is 0 Å². The minimum atomic E-state index is 0.527.